The van der Waals surface area contributed by atoms with Crippen molar-refractivity contribution in [2.75, 3.05) is 31.1 Å². The Balaban J connectivity index is 1.74. The number of hydrogen-bond donors (Lipinski definition) is 0. The number of anilines is 1. The van der Waals surface area contributed by atoms with Gasteiger partial charge in [-0.2, -0.15) is 18.2 Å². The number of carbonyl (C=O) groups is 1. The summed E-state index contributed by atoms with van der Waals surface area (Å²) in [4.78, 5) is 20.5. The van der Waals surface area contributed by atoms with Gasteiger partial charge in [-0.3, -0.25) is 4.79 Å². The summed E-state index contributed by atoms with van der Waals surface area (Å²) in [5, 5.41) is 0.574. The Kier molecular flexibility index (Phi) is 7.56. The van der Waals surface area contributed by atoms with Crippen molar-refractivity contribution in [1.29, 1.82) is 0 Å². The van der Waals surface area contributed by atoms with Crippen LogP contribution in [-0.4, -0.2) is 49.1 Å². The Hall–Kier alpha value is -2.45. The molecule has 0 N–H and O–H groups in total. The van der Waals surface area contributed by atoms with Crippen molar-refractivity contribution < 1.29 is 22.7 Å². The number of aliphatic imine (C=N–C) groups is 1. The van der Waals surface area contributed by atoms with E-state index in [0.717, 1.165) is 12.1 Å². The van der Waals surface area contributed by atoms with Crippen LogP contribution < -0.4 is 4.90 Å². The highest BCUT2D eigenvalue weighted by atomic mass is 35.5. The number of amides is 1. The lowest BCUT2D eigenvalue weighted by molar-refractivity contribution is -0.137. The monoisotopic (exact) mass is 487 g/mol. The van der Waals surface area contributed by atoms with Gasteiger partial charge in [0.2, 0.25) is 0 Å². The van der Waals surface area contributed by atoms with Crippen LogP contribution in [0, 0.1) is 0 Å². The first-order chi connectivity index (χ1) is 15.0. The molecule has 0 aliphatic carbocycles. The van der Waals surface area contributed by atoms with Gasteiger partial charge in [0.15, 0.2) is 0 Å². The summed E-state index contributed by atoms with van der Waals surface area (Å²) in [7, 11) is 0. The fourth-order valence-electron chi connectivity index (χ4n) is 3.20. The second-order valence-corrected chi connectivity index (χ2v) is 8.33. The number of ether oxygens (including phenoxy) is 1. The largest absolute Gasteiger partial charge is 0.462 e. The summed E-state index contributed by atoms with van der Waals surface area (Å²) in [5.74, 6) is -0.528. The van der Waals surface area contributed by atoms with Gasteiger partial charge in [-0.1, -0.05) is 29.3 Å². The number of nitrogens with zero attached hydrogens (tertiary/aromatic N) is 3. The van der Waals surface area contributed by atoms with Crippen molar-refractivity contribution in [3.63, 3.8) is 0 Å². The minimum absolute atomic E-state index is 0.166. The molecule has 5 nitrogen and oxygen atoms in total. The third kappa shape index (κ3) is 6.07. The van der Waals surface area contributed by atoms with E-state index in [1.54, 1.807) is 11.0 Å². The van der Waals surface area contributed by atoms with Crippen LogP contribution in [0.15, 0.2) is 47.5 Å². The van der Waals surface area contributed by atoms with Crippen LogP contribution in [0.1, 0.15) is 29.8 Å². The van der Waals surface area contributed by atoms with Crippen LogP contribution in [0.2, 0.25) is 10.0 Å². The van der Waals surface area contributed by atoms with Gasteiger partial charge in [0.05, 0.1) is 21.7 Å². The van der Waals surface area contributed by atoms with E-state index in [4.69, 9.17) is 27.9 Å². The van der Waals surface area contributed by atoms with E-state index in [9.17, 15) is 18.0 Å². The maximum Gasteiger partial charge on any atom is 0.416 e. The highest BCUT2D eigenvalue weighted by Crippen LogP contribution is 2.32. The van der Waals surface area contributed by atoms with E-state index >= 15 is 0 Å². The van der Waals surface area contributed by atoms with Crippen molar-refractivity contribution >= 4 is 40.8 Å². The van der Waals surface area contributed by atoms with Gasteiger partial charge >= 0.3 is 6.18 Å². The molecule has 1 aliphatic rings. The quantitative estimate of drug-likeness (QED) is 0.408. The molecule has 3 rings (SSSR count). The smallest absolute Gasteiger partial charge is 0.416 e. The molecular weight excluding hydrogens is 466 g/mol. The first-order valence-corrected chi connectivity index (χ1v) is 10.7. The normalized spacial score (nSPS) is 15.3. The Labute approximate surface area is 194 Å². The first kappa shape index (κ1) is 24.2. The van der Waals surface area contributed by atoms with Crippen molar-refractivity contribution in [3.05, 3.63) is 63.6 Å². The number of piperazine rings is 1. The molecule has 0 saturated carbocycles. The Bertz CT molecular complexity index is 1000. The van der Waals surface area contributed by atoms with Gasteiger partial charge < -0.3 is 14.5 Å². The molecule has 0 unspecified atom stereocenters. The van der Waals surface area contributed by atoms with E-state index < -0.39 is 17.6 Å². The van der Waals surface area contributed by atoms with E-state index in [1.165, 1.54) is 24.3 Å². The molecule has 32 heavy (non-hydrogen) atoms. The van der Waals surface area contributed by atoms with E-state index in [0.29, 0.717) is 36.9 Å². The summed E-state index contributed by atoms with van der Waals surface area (Å²) < 4.78 is 44.8. The van der Waals surface area contributed by atoms with Gasteiger partial charge in [-0.05, 0) is 50.2 Å². The fraction of sp³-hybridized carbons (Fsp3) is 0.364. The molecule has 0 radical (unpaired) electrons. The van der Waals surface area contributed by atoms with E-state index in [2.05, 4.69) is 4.99 Å². The van der Waals surface area contributed by atoms with Crippen LogP contribution in [0.4, 0.5) is 18.9 Å². The second kappa shape index (κ2) is 10.0. The number of carbonyl (C=O) groups excluding carboxylic acids is 1. The van der Waals surface area contributed by atoms with Crippen LogP contribution in [-0.2, 0) is 10.9 Å². The highest BCUT2D eigenvalue weighted by molar-refractivity contribution is 6.42. The molecule has 0 spiro atoms. The zero-order valence-electron chi connectivity index (χ0n) is 17.5. The van der Waals surface area contributed by atoms with Crippen LogP contribution in [0.3, 0.4) is 0 Å². The zero-order valence-corrected chi connectivity index (χ0v) is 19.0. The third-order valence-corrected chi connectivity index (χ3v) is 5.53. The summed E-state index contributed by atoms with van der Waals surface area (Å²) >= 11 is 11.9. The molecule has 2 aromatic rings. The van der Waals surface area contributed by atoms with Crippen molar-refractivity contribution in [3.8, 4) is 0 Å². The summed E-state index contributed by atoms with van der Waals surface area (Å²) in [6.45, 7) is 5.38. The fourth-order valence-corrected chi connectivity index (χ4v) is 3.50. The molecule has 1 heterocycles. The van der Waals surface area contributed by atoms with Gasteiger partial charge in [0.25, 0.3) is 11.9 Å². The lowest BCUT2D eigenvalue weighted by Crippen LogP contribution is -2.50. The molecule has 1 amide bonds. The maximum atomic E-state index is 13.0. The molecule has 0 aromatic heterocycles. The minimum Gasteiger partial charge on any atom is -0.462 e. The average molecular weight is 488 g/mol. The molecule has 2 aromatic carbocycles. The Morgan fingerprint density at radius 3 is 2.31 bits per heavy atom. The molecule has 1 aliphatic heterocycles. The zero-order chi connectivity index (χ0) is 23.5. The molecule has 1 fully saturated rings. The number of hydrogen-bond acceptors (Lipinski definition) is 3. The number of halogens is 5. The van der Waals surface area contributed by atoms with Crippen molar-refractivity contribution in [1.82, 2.24) is 4.90 Å². The Morgan fingerprint density at radius 2 is 1.72 bits per heavy atom. The SMILES string of the molecule is CC(C)OC(=NC(=O)c1ccc(Cl)c(Cl)c1)N1CCN(c2cccc(C(F)(F)F)c2)CC1. The van der Waals surface area contributed by atoms with Crippen molar-refractivity contribution in [2.24, 2.45) is 4.99 Å². The number of rotatable bonds is 3. The lowest BCUT2D eigenvalue weighted by Gasteiger charge is -2.37. The third-order valence-electron chi connectivity index (χ3n) is 4.79. The van der Waals surface area contributed by atoms with Crippen LogP contribution >= 0.6 is 23.2 Å². The van der Waals surface area contributed by atoms with Crippen LogP contribution in [0.5, 0.6) is 0 Å². The lowest BCUT2D eigenvalue weighted by atomic mass is 10.1. The highest BCUT2D eigenvalue weighted by Gasteiger charge is 2.31. The molecule has 10 heteroatoms. The van der Waals surface area contributed by atoms with Gasteiger partial charge in [0.1, 0.15) is 0 Å². The topological polar surface area (TPSA) is 45.1 Å². The minimum atomic E-state index is -4.40. The number of alkyl halides is 3. The maximum absolute atomic E-state index is 13.0. The second-order valence-electron chi connectivity index (χ2n) is 7.52. The summed E-state index contributed by atoms with van der Waals surface area (Å²) in [6, 6.07) is 9.89. The Morgan fingerprint density at radius 1 is 1.03 bits per heavy atom. The van der Waals surface area contributed by atoms with Gasteiger partial charge in [-0.25, -0.2) is 0 Å². The molecule has 172 valence electrons. The predicted octanol–water partition coefficient (Wildman–Crippen LogP) is 5.76. The first-order valence-electron chi connectivity index (χ1n) is 9.96. The average Bonchev–Trinajstić information content (AvgIpc) is 2.74. The van der Waals surface area contributed by atoms with E-state index in [1.807, 2.05) is 18.7 Å². The summed E-state index contributed by atoms with van der Waals surface area (Å²) in [5.41, 5.74) is 0.0801. The molecular formula is C22H22Cl2F3N3O2. The van der Waals surface area contributed by atoms with Crippen LogP contribution in [0.25, 0.3) is 0 Å². The van der Waals surface area contributed by atoms with E-state index in [-0.39, 0.29) is 22.7 Å². The number of amidine groups is 1. The molecule has 0 bridgehead atoms. The summed E-state index contributed by atoms with van der Waals surface area (Å²) in [6.07, 6.45) is -4.62. The van der Waals surface area contributed by atoms with Gasteiger partial charge in [0, 0.05) is 37.4 Å². The number of benzene rings is 2. The predicted molar refractivity (Wildman–Crippen MR) is 120 cm³/mol. The van der Waals surface area contributed by atoms with Crippen molar-refractivity contribution in [2.45, 2.75) is 26.1 Å². The van der Waals surface area contributed by atoms with Gasteiger partial charge in [-0.15, -0.1) is 0 Å². The standard InChI is InChI=1S/C22H22Cl2F3N3O2/c1-14(2)32-21(28-20(31)15-6-7-18(23)19(24)12-15)30-10-8-29(9-11-30)17-5-3-4-16(13-17)22(25,26)27/h3-7,12-14H,8-11H2,1-2H3. The molecule has 0 atom stereocenters. The molecule has 1 saturated heterocycles.